The summed E-state index contributed by atoms with van der Waals surface area (Å²) < 4.78 is 2.32. The number of pyridine rings is 1. The van der Waals surface area contributed by atoms with E-state index >= 15 is 0 Å². The molecule has 0 aliphatic carbocycles. The third-order valence-corrected chi connectivity index (χ3v) is 4.10. The smallest absolute Gasteiger partial charge is 0.169 e. The first-order valence-corrected chi connectivity index (χ1v) is 8.95. The molecule has 0 spiro atoms. The molecule has 1 rings (SSSR count). The molecule has 0 aliphatic rings. The van der Waals surface area contributed by atoms with Crippen molar-refractivity contribution in [3.63, 3.8) is 0 Å². The number of rotatable bonds is 13. The average Bonchev–Trinajstić information content (AvgIpc) is 2.52. The topological polar surface area (TPSA) is 24.1 Å². The maximum atomic E-state index is 8.70. The summed E-state index contributed by atoms with van der Waals surface area (Å²) in [7, 11) is 0. The maximum Gasteiger partial charge on any atom is 0.169 e. The number of hydrogen-bond donors (Lipinski definition) is 1. The largest absolute Gasteiger partial charge is 1.00 e. The van der Waals surface area contributed by atoms with Crippen molar-refractivity contribution >= 4 is 0 Å². The molecule has 0 aliphatic heterocycles. The average molecular weight is 372 g/mol. The third kappa shape index (κ3) is 11.2. The maximum absolute atomic E-state index is 8.70. The van der Waals surface area contributed by atoms with Gasteiger partial charge in [0, 0.05) is 25.2 Å². The zero-order chi connectivity index (χ0) is 15.2. The molecule has 0 amide bonds. The highest BCUT2D eigenvalue weighted by Gasteiger charge is 2.01. The van der Waals surface area contributed by atoms with Crippen molar-refractivity contribution in [2.45, 2.75) is 84.1 Å². The van der Waals surface area contributed by atoms with Gasteiger partial charge in [0.25, 0.3) is 0 Å². The van der Waals surface area contributed by atoms with E-state index in [1.54, 1.807) is 0 Å². The van der Waals surface area contributed by atoms with Gasteiger partial charge in [0.15, 0.2) is 12.4 Å². The van der Waals surface area contributed by atoms with Gasteiger partial charge in [-0.2, -0.15) is 0 Å². The first kappa shape index (κ1) is 21.6. The van der Waals surface area contributed by atoms with Crippen molar-refractivity contribution in [3.8, 4) is 0 Å². The minimum absolute atomic E-state index is 0. The number of aryl methyl sites for hydroxylation is 2. The van der Waals surface area contributed by atoms with Crippen LogP contribution < -0.4 is 21.5 Å². The second kappa shape index (κ2) is 15.5. The summed E-state index contributed by atoms with van der Waals surface area (Å²) in [5, 5.41) is 8.70. The number of aromatic nitrogens is 1. The molecule has 0 aromatic carbocycles. The van der Waals surface area contributed by atoms with Crippen LogP contribution in [-0.4, -0.2) is 11.7 Å². The predicted octanol–water partition coefficient (Wildman–Crippen LogP) is 1.43. The van der Waals surface area contributed by atoms with Crippen LogP contribution in [0.15, 0.2) is 24.5 Å². The summed E-state index contributed by atoms with van der Waals surface area (Å²) in [6, 6.07) is 4.55. The fraction of sp³-hybridized carbons (Fsp3) is 0.737. The molecule has 0 radical (unpaired) electrons. The zero-order valence-corrected chi connectivity index (χ0v) is 15.9. The second-order valence-corrected chi connectivity index (χ2v) is 6.10. The minimum atomic E-state index is 0. The Hall–Kier alpha value is -0.410. The normalized spacial score (nSPS) is 10.5. The van der Waals surface area contributed by atoms with Crippen LogP contribution in [0, 0.1) is 0 Å². The van der Waals surface area contributed by atoms with Crippen LogP contribution in [0.3, 0.4) is 0 Å². The van der Waals surface area contributed by atoms with Crippen molar-refractivity contribution in [3.05, 3.63) is 30.1 Å². The first-order chi connectivity index (χ1) is 10.4. The summed E-state index contributed by atoms with van der Waals surface area (Å²) in [4.78, 5) is 0. The van der Waals surface area contributed by atoms with Crippen LogP contribution >= 0.6 is 0 Å². The molecule has 0 saturated carbocycles. The molecule has 0 bridgehead atoms. The lowest BCUT2D eigenvalue weighted by Crippen LogP contribution is -3.00. The molecule has 22 heavy (non-hydrogen) atoms. The van der Waals surface area contributed by atoms with E-state index in [-0.39, 0.29) is 17.0 Å². The molecular formula is C19H34BrNO. The molecule has 1 aromatic rings. The van der Waals surface area contributed by atoms with Crippen molar-refractivity contribution in [1.29, 1.82) is 0 Å². The lowest BCUT2D eigenvalue weighted by molar-refractivity contribution is -0.697. The number of aliphatic hydroxyl groups is 1. The van der Waals surface area contributed by atoms with E-state index < -0.39 is 0 Å². The van der Waals surface area contributed by atoms with Crippen LogP contribution in [-0.2, 0) is 13.0 Å². The van der Waals surface area contributed by atoms with Crippen LogP contribution in [0.5, 0.6) is 0 Å². The molecule has 1 N–H and O–H groups in total. The molecule has 2 nitrogen and oxygen atoms in total. The fourth-order valence-corrected chi connectivity index (χ4v) is 2.65. The van der Waals surface area contributed by atoms with Gasteiger partial charge >= 0.3 is 0 Å². The van der Waals surface area contributed by atoms with Crippen molar-refractivity contribution < 1.29 is 26.7 Å². The van der Waals surface area contributed by atoms with Crippen LogP contribution in [0.25, 0.3) is 0 Å². The van der Waals surface area contributed by atoms with Crippen LogP contribution in [0.4, 0.5) is 0 Å². The number of hydrogen-bond acceptors (Lipinski definition) is 1. The van der Waals surface area contributed by atoms with Gasteiger partial charge in [0.1, 0.15) is 6.54 Å². The summed E-state index contributed by atoms with van der Waals surface area (Å²) >= 11 is 0. The van der Waals surface area contributed by atoms with Gasteiger partial charge < -0.3 is 22.1 Å². The third-order valence-electron chi connectivity index (χ3n) is 4.10. The molecule has 1 heterocycles. The Balaban J connectivity index is 0.00000441. The molecule has 0 fully saturated rings. The van der Waals surface area contributed by atoms with Crippen molar-refractivity contribution in [2.24, 2.45) is 0 Å². The van der Waals surface area contributed by atoms with Crippen LogP contribution in [0.1, 0.15) is 76.7 Å². The number of unbranched alkanes of at least 4 members (excludes halogenated alkanes) is 8. The van der Waals surface area contributed by atoms with Gasteiger partial charge in [-0.05, 0) is 31.2 Å². The quantitative estimate of drug-likeness (QED) is 0.411. The molecule has 0 unspecified atom stereocenters. The first-order valence-electron chi connectivity index (χ1n) is 8.95. The monoisotopic (exact) mass is 371 g/mol. The van der Waals surface area contributed by atoms with Gasteiger partial charge in [0.05, 0.1) is 0 Å². The lowest BCUT2D eigenvalue weighted by Gasteiger charge is -2.02. The van der Waals surface area contributed by atoms with Crippen LogP contribution in [0.2, 0.25) is 0 Å². The highest BCUT2D eigenvalue weighted by atomic mass is 79.9. The highest BCUT2D eigenvalue weighted by molar-refractivity contribution is 5.06. The van der Waals surface area contributed by atoms with E-state index in [9.17, 15) is 0 Å². The second-order valence-electron chi connectivity index (χ2n) is 6.10. The summed E-state index contributed by atoms with van der Waals surface area (Å²) in [6.07, 6.45) is 18.4. The Labute approximate surface area is 147 Å². The molecule has 0 saturated heterocycles. The van der Waals surface area contributed by atoms with E-state index in [0.29, 0.717) is 6.61 Å². The molecule has 0 atom stereocenters. The summed E-state index contributed by atoms with van der Waals surface area (Å²) in [6.45, 7) is 3.75. The number of halogens is 1. The van der Waals surface area contributed by atoms with E-state index in [1.807, 2.05) is 0 Å². The van der Waals surface area contributed by atoms with E-state index in [0.717, 1.165) is 13.0 Å². The van der Waals surface area contributed by atoms with Gasteiger partial charge in [-0.25, -0.2) is 4.57 Å². The Morgan fingerprint density at radius 2 is 1.36 bits per heavy atom. The van der Waals surface area contributed by atoms with Gasteiger partial charge in [0.2, 0.25) is 0 Å². The van der Waals surface area contributed by atoms with Crippen molar-refractivity contribution in [2.75, 3.05) is 6.61 Å². The molecular weight excluding hydrogens is 338 g/mol. The predicted molar refractivity (Wildman–Crippen MR) is 89.3 cm³/mol. The SMILES string of the molecule is CCCCc1cc[n+](CCCCCCCCCCO)cc1.[Br-]. The zero-order valence-electron chi connectivity index (χ0n) is 14.3. The molecule has 3 heteroatoms. The minimum Gasteiger partial charge on any atom is -1.00 e. The standard InChI is InChI=1S/C19H34NO.BrH/c1-2-3-12-19-13-16-20(17-14-19)15-10-8-6-4-5-7-9-11-18-21;/h13-14,16-17,21H,2-12,15,18H2,1H3;1H/q+1;/p-1. The lowest BCUT2D eigenvalue weighted by atomic mass is 10.1. The highest BCUT2D eigenvalue weighted by Crippen LogP contribution is 2.08. The van der Waals surface area contributed by atoms with Gasteiger partial charge in [-0.1, -0.05) is 45.4 Å². The Morgan fingerprint density at radius 1 is 0.818 bits per heavy atom. The summed E-state index contributed by atoms with van der Waals surface area (Å²) in [5.74, 6) is 0. The Morgan fingerprint density at radius 3 is 1.91 bits per heavy atom. The number of aliphatic hydroxyl groups excluding tert-OH is 1. The molecule has 1 aromatic heterocycles. The van der Waals surface area contributed by atoms with Crippen molar-refractivity contribution in [1.82, 2.24) is 0 Å². The van der Waals surface area contributed by atoms with Gasteiger partial charge in [-0.3, -0.25) is 0 Å². The Kier molecular flexibility index (Phi) is 15.2. The van der Waals surface area contributed by atoms with E-state index in [4.69, 9.17) is 5.11 Å². The van der Waals surface area contributed by atoms with E-state index in [2.05, 4.69) is 36.0 Å². The Bertz CT molecular complexity index is 340. The number of nitrogens with zero attached hydrogens (tertiary/aromatic N) is 1. The van der Waals surface area contributed by atoms with Gasteiger partial charge in [-0.15, -0.1) is 0 Å². The fourth-order valence-electron chi connectivity index (χ4n) is 2.65. The summed E-state index contributed by atoms with van der Waals surface area (Å²) in [5.41, 5.74) is 1.47. The van der Waals surface area contributed by atoms with E-state index in [1.165, 1.54) is 69.8 Å². The molecule has 128 valence electrons.